The zero-order valence-electron chi connectivity index (χ0n) is 16.6. The molecule has 1 aliphatic heterocycles. The van der Waals surface area contributed by atoms with Gasteiger partial charge in [-0.3, -0.25) is 4.79 Å². The Morgan fingerprint density at radius 3 is 2.56 bits per heavy atom. The van der Waals surface area contributed by atoms with E-state index < -0.39 is 0 Å². The van der Waals surface area contributed by atoms with Crippen molar-refractivity contribution in [2.45, 2.75) is 57.0 Å². The van der Waals surface area contributed by atoms with Crippen molar-refractivity contribution >= 4 is 23.4 Å². The second-order valence-corrected chi connectivity index (χ2v) is 8.22. The largest absolute Gasteiger partial charge is 0.394 e. The lowest BCUT2D eigenvalue weighted by Crippen LogP contribution is -2.41. The van der Waals surface area contributed by atoms with Crippen molar-refractivity contribution in [3.05, 3.63) is 6.20 Å². The fourth-order valence-corrected chi connectivity index (χ4v) is 3.83. The van der Waals surface area contributed by atoms with E-state index in [1.165, 1.54) is 0 Å². The van der Waals surface area contributed by atoms with Gasteiger partial charge in [0.2, 0.25) is 11.9 Å². The molecule has 27 heavy (non-hydrogen) atoms. The van der Waals surface area contributed by atoms with E-state index in [0.29, 0.717) is 17.5 Å². The maximum absolute atomic E-state index is 12.1. The predicted octanol–water partition coefficient (Wildman–Crippen LogP) is 2.10. The zero-order valence-corrected chi connectivity index (χ0v) is 16.6. The van der Waals surface area contributed by atoms with Crippen LogP contribution in [-0.4, -0.2) is 59.7 Å². The molecule has 0 atom stereocenters. The number of amides is 1. The van der Waals surface area contributed by atoms with Gasteiger partial charge in [-0.05, 0) is 45.4 Å². The number of hydrogen-bond acceptors (Lipinski definition) is 7. The number of nitrogens with two attached hydrogens (primary N) is 1. The summed E-state index contributed by atoms with van der Waals surface area (Å²) in [5.74, 6) is 1.62. The van der Waals surface area contributed by atoms with Crippen LogP contribution >= 0.6 is 0 Å². The molecule has 1 saturated heterocycles. The van der Waals surface area contributed by atoms with Gasteiger partial charge in [0.1, 0.15) is 0 Å². The minimum absolute atomic E-state index is 0.0593. The molecular formula is C19H32N6O2. The summed E-state index contributed by atoms with van der Waals surface area (Å²) in [7, 11) is 3.64. The van der Waals surface area contributed by atoms with Gasteiger partial charge in [0.15, 0.2) is 5.82 Å². The van der Waals surface area contributed by atoms with Gasteiger partial charge in [0.05, 0.1) is 11.9 Å². The Morgan fingerprint density at radius 1 is 1.26 bits per heavy atom. The minimum Gasteiger partial charge on any atom is -0.394 e. The van der Waals surface area contributed by atoms with E-state index in [1.54, 1.807) is 11.1 Å². The molecule has 0 bridgehead atoms. The van der Waals surface area contributed by atoms with Gasteiger partial charge in [-0.1, -0.05) is 0 Å². The lowest BCUT2D eigenvalue weighted by Gasteiger charge is -2.34. The zero-order chi connectivity index (χ0) is 19.4. The van der Waals surface area contributed by atoms with Gasteiger partial charge in [-0.15, -0.1) is 0 Å². The molecule has 1 amide bonds. The number of carbonyl (C=O) groups is 1. The first-order valence-electron chi connectivity index (χ1n) is 9.82. The highest BCUT2D eigenvalue weighted by Gasteiger charge is 2.29. The van der Waals surface area contributed by atoms with Crippen molar-refractivity contribution in [3.8, 4) is 0 Å². The average molecular weight is 377 g/mol. The third kappa shape index (κ3) is 5.00. The Morgan fingerprint density at radius 2 is 1.93 bits per heavy atom. The number of nitrogen functional groups attached to an aromatic ring is 1. The Bertz CT molecular complexity index is 652. The van der Waals surface area contributed by atoms with E-state index in [0.717, 1.165) is 51.7 Å². The van der Waals surface area contributed by atoms with Crippen LogP contribution in [0.15, 0.2) is 6.20 Å². The Kier molecular flexibility index (Phi) is 6.04. The lowest BCUT2D eigenvalue weighted by molar-refractivity contribution is -0.133. The van der Waals surface area contributed by atoms with Crippen LogP contribution < -0.4 is 16.4 Å². The van der Waals surface area contributed by atoms with Crippen molar-refractivity contribution in [2.75, 3.05) is 43.7 Å². The van der Waals surface area contributed by atoms with Crippen LogP contribution in [0.5, 0.6) is 0 Å². The molecule has 0 unspecified atom stereocenters. The average Bonchev–Trinajstić information content (AvgIpc) is 2.65. The van der Waals surface area contributed by atoms with E-state index in [-0.39, 0.29) is 23.4 Å². The molecule has 3 rings (SSSR count). The molecule has 2 heterocycles. The predicted molar refractivity (Wildman–Crippen MR) is 107 cm³/mol. The highest BCUT2D eigenvalue weighted by Crippen LogP contribution is 2.30. The summed E-state index contributed by atoms with van der Waals surface area (Å²) in [6.45, 7) is 3.67. The van der Waals surface area contributed by atoms with Crippen molar-refractivity contribution in [1.82, 2.24) is 14.9 Å². The molecule has 2 aliphatic rings. The molecule has 8 nitrogen and oxygen atoms in total. The molecular weight excluding hydrogens is 344 g/mol. The first-order chi connectivity index (χ1) is 12.9. The van der Waals surface area contributed by atoms with Crippen LogP contribution in [0.4, 0.5) is 17.5 Å². The van der Waals surface area contributed by atoms with Gasteiger partial charge in [0, 0.05) is 44.8 Å². The number of ether oxygens (including phenoxy) is 1. The highest BCUT2D eigenvalue weighted by molar-refractivity contribution is 5.78. The van der Waals surface area contributed by atoms with Crippen LogP contribution in [0, 0.1) is 5.92 Å². The second kappa shape index (κ2) is 8.29. The molecule has 4 N–H and O–H groups in total. The first-order valence-corrected chi connectivity index (χ1v) is 9.82. The van der Waals surface area contributed by atoms with Crippen LogP contribution in [0.3, 0.4) is 0 Å². The fraction of sp³-hybridized carbons (Fsp3) is 0.737. The van der Waals surface area contributed by atoms with E-state index in [9.17, 15) is 4.79 Å². The Balaban J connectivity index is 1.60. The van der Waals surface area contributed by atoms with Crippen LogP contribution in [0.1, 0.15) is 45.4 Å². The van der Waals surface area contributed by atoms with Gasteiger partial charge in [0.25, 0.3) is 0 Å². The second-order valence-electron chi connectivity index (χ2n) is 8.22. The number of aromatic nitrogens is 2. The minimum atomic E-state index is -0.0593. The summed E-state index contributed by atoms with van der Waals surface area (Å²) >= 11 is 0. The number of nitrogens with one attached hydrogen (secondary N) is 2. The smallest absolute Gasteiger partial charge is 0.225 e. The van der Waals surface area contributed by atoms with Crippen LogP contribution in [-0.2, 0) is 9.53 Å². The quantitative estimate of drug-likeness (QED) is 0.722. The number of nitrogens with zero attached hydrogens (tertiary/aromatic N) is 3. The third-order valence-electron chi connectivity index (χ3n) is 5.69. The van der Waals surface area contributed by atoms with Crippen molar-refractivity contribution < 1.29 is 9.53 Å². The molecule has 0 spiro atoms. The summed E-state index contributed by atoms with van der Waals surface area (Å²) < 4.78 is 5.45. The Labute approximate surface area is 161 Å². The van der Waals surface area contributed by atoms with Gasteiger partial charge in [-0.25, -0.2) is 4.98 Å². The van der Waals surface area contributed by atoms with Crippen molar-refractivity contribution in [2.24, 2.45) is 5.92 Å². The van der Waals surface area contributed by atoms with Crippen molar-refractivity contribution in [3.63, 3.8) is 0 Å². The molecule has 1 aromatic rings. The van der Waals surface area contributed by atoms with Gasteiger partial charge in [-0.2, -0.15) is 4.98 Å². The fourth-order valence-electron chi connectivity index (χ4n) is 3.83. The lowest BCUT2D eigenvalue weighted by atomic mass is 9.85. The molecule has 1 aromatic heterocycles. The van der Waals surface area contributed by atoms with Crippen LogP contribution in [0.25, 0.3) is 0 Å². The molecule has 0 aromatic carbocycles. The number of rotatable bonds is 5. The summed E-state index contributed by atoms with van der Waals surface area (Å²) in [5, 5.41) is 6.91. The maximum atomic E-state index is 12.1. The normalized spacial score (nSPS) is 24.9. The molecule has 2 fully saturated rings. The highest BCUT2D eigenvalue weighted by atomic mass is 16.5. The summed E-state index contributed by atoms with van der Waals surface area (Å²) in [4.78, 5) is 22.8. The van der Waals surface area contributed by atoms with E-state index in [4.69, 9.17) is 10.5 Å². The summed E-state index contributed by atoms with van der Waals surface area (Å²) in [6, 6.07) is 0.278. The number of carbonyl (C=O) groups excluding carboxylic acids is 1. The van der Waals surface area contributed by atoms with E-state index in [1.807, 2.05) is 14.1 Å². The van der Waals surface area contributed by atoms with Gasteiger partial charge >= 0.3 is 0 Å². The molecule has 8 heteroatoms. The molecule has 1 saturated carbocycles. The topological polar surface area (TPSA) is 105 Å². The first kappa shape index (κ1) is 19.7. The SMILES string of the molecule is CN(C)C(=O)[C@H]1CC[C@H](Nc2nc(NC3(C)CCOCC3)ncc2N)CC1. The van der Waals surface area contributed by atoms with Crippen molar-refractivity contribution in [1.29, 1.82) is 0 Å². The van der Waals surface area contributed by atoms with Gasteiger partial charge < -0.3 is 26.0 Å². The number of hydrogen-bond donors (Lipinski definition) is 3. The Hall–Kier alpha value is -2.09. The van der Waals surface area contributed by atoms with Crippen LogP contribution in [0.2, 0.25) is 0 Å². The molecule has 150 valence electrons. The van der Waals surface area contributed by atoms with E-state index >= 15 is 0 Å². The monoisotopic (exact) mass is 376 g/mol. The molecule has 1 aliphatic carbocycles. The standard InChI is InChI=1S/C19H32N6O2/c1-19(8-10-27-11-9-19)24-18-21-12-15(20)16(23-18)22-14-6-4-13(5-7-14)17(26)25(2)3/h12-14H,4-11,20H2,1-3H3,(H2,21,22,23,24)/t13-,14-. The summed E-state index contributed by atoms with van der Waals surface area (Å²) in [5.41, 5.74) is 6.58. The third-order valence-corrected chi connectivity index (χ3v) is 5.69. The van der Waals surface area contributed by atoms with E-state index in [2.05, 4.69) is 27.5 Å². The molecule has 0 radical (unpaired) electrons. The maximum Gasteiger partial charge on any atom is 0.225 e. The summed E-state index contributed by atoms with van der Waals surface area (Å²) in [6.07, 6.45) is 7.16. The number of anilines is 3.